The fraction of sp³-hybridized carbons (Fsp3) is 0.588. The number of unbranched alkanes of at least 4 members (excludes halogenated alkanes) is 1. The van der Waals surface area contributed by atoms with Gasteiger partial charge >= 0.3 is 0 Å². The average molecular weight is 374 g/mol. The summed E-state index contributed by atoms with van der Waals surface area (Å²) in [6.45, 7) is 3.83. The van der Waals surface area contributed by atoms with Crippen molar-refractivity contribution >= 4 is 29.3 Å². The van der Waals surface area contributed by atoms with Crippen LogP contribution in [0.15, 0.2) is 34.2 Å². The number of nitrogens with one attached hydrogen (secondary N) is 2. The second kappa shape index (κ2) is 14.4. The Bertz CT molecular complexity index is 458. The Kier molecular flexibility index (Phi) is 12.7. The molecular formula is C17H28ClN3O2S. The molecule has 0 aliphatic heterocycles. The number of halogens is 1. The maximum Gasteiger partial charge on any atom is 0.191 e. The van der Waals surface area contributed by atoms with Gasteiger partial charge in [0.05, 0.1) is 13.2 Å². The van der Waals surface area contributed by atoms with Crippen molar-refractivity contribution < 1.29 is 9.47 Å². The summed E-state index contributed by atoms with van der Waals surface area (Å²) in [6.07, 6.45) is 2.08. The predicted octanol–water partition coefficient (Wildman–Crippen LogP) is 3.04. The number of hydrogen-bond acceptors (Lipinski definition) is 4. The van der Waals surface area contributed by atoms with E-state index in [4.69, 9.17) is 21.1 Å². The van der Waals surface area contributed by atoms with Crippen LogP contribution in [0.1, 0.15) is 12.8 Å². The first-order valence-corrected chi connectivity index (χ1v) is 9.52. The minimum atomic E-state index is 0.656. The molecule has 1 aromatic carbocycles. The third kappa shape index (κ3) is 10.8. The molecule has 0 unspecified atom stereocenters. The first-order valence-electron chi connectivity index (χ1n) is 8.16. The molecule has 0 fully saturated rings. The molecule has 0 bridgehead atoms. The fourth-order valence-corrected chi connectivity index (χ4v) is 2.76. The summed E-state index contributed by atoms with van der Waals surface area (Å²) in [6, 6.07) is 7.90. The monoisotopic (exact) mass is 373 g/mol. The van der Waals surface area contributed by atoms with Crippen molar-refractivity contribution in [1.29, 1.82) is 0 Å². The molecule has 0 saturated carbocycles. The first kappa shape index (κ1) is 21.1. The molecule has 1 rings (SSSR count). The number of ether oxygens (including phenoxy) is 2. The first-order chi connectivity index (χ1) is 11.8. The van der Waals surface area contributed by atoms with Crippen molar-refractivity contribution in [3.05, 3.63) is 29.3 Å². The summed E-state index contributed by atoms with van der Waals surface area (Å²) in [4.78, 5) is 5.44. The maximum absolute atomic E-state index is 5.88. The second-order valence-electron chi connectivity index (χ2n) is 5.04. The highest BCUT2D eigenvalue weighted by Crippen LogP contribution is 2.19. The molecule has 0 aromatic heterocycles. The van der Waals surface area contributed by atoms with E-state index < -0.39 is 0 Å². The number of aliphatic imine (C=N–C) groups is 1. The quantitative estimate of drug-likeness (QED) is 0.255. The Hall–Kier alpha value is -0.950. The van der Waals surface area contributed by atoms with E-state index >= 15 is 0 Å². The van der Waals surface area contributed by atoms with E-state index in [0.29, 0.717) is 13.2 Å². The van der Waals surface area contributed by atoms with Crippen LogP contribution in [-0.4, -0.2) is 58.8 Å². The largest absolute Gasteiger partial charge is 0.382 e. The number of rotatable bonds is 12. The predicted molar refractivity (Wildman–Crippen MR) is 103 cm³/mol. The zero-order chi connectivity index (χ0) is 17.5. The van der Waals surface area contributed by atoms with Crippen molar-refractivity contribution in [2.75, 3.05) is 52.8 Å². The number of methoxy groups -OCH3 is 1. The third-order valence-electron chi connectivity index (χ3n) is 3.14. The number of nitrogens with zero attached hydrogens (tertiary/aromatic N) is 1. The van der Waals surface area contributed by atoms with Crippen LogP contribution in [0.3, 0.4) is 0 Å². The van der Waals surface area contributed by atoms with Crippen LogP contribution >= 0.6 is 23.4 Å². The zero-order valence-electron chi connectivity index (χ0n) is 14.5. The van der Waals surface area contributed by atoms with Crippen LogP contribution in [-0.2, 0) is 9.47 Å². The molecule has 0 spiro atoms. The molecule has 2 N–H and O–H groups in total. The minimum absolute atomic E-state index is 0.656. The highest BCUT2D eigenvalue weighted by molar-refractivity contribution is 7.99. The van der Waals surface area contributed by atoms with Crippen molar-refractivity contribution in [2.45, 2.75) is 17.7 Å². The summed E-state index contributed by atoms with van der Waals surface area (Å²) in [5.74, 6) is 1.81. The standard InChI is InChI=1S/C17H28ClN3O2S/c1-19-17(20-9-3-4-11-23-13-12-22-2)21-10-14-24-16-7-5-15(18)6-8-16/h5-8H,3-4,9-14H2,1-2H3,(H2,19,20,21). The van der Waals surface area contributed by atoms with E-state index in [-0.39, 0.29) is 0 Å². The van der Waals surface area contributed by atoms with E-state index in [2.05, 4.69) is 15.6 Å². The summed E-state index contributed by atoms with van der Waals surface area (Å²) >= 11 is 7.67. The normalized spacial score (nSPS) is 11.5. The van der Waals surface area contributed by atoms with Gasteiger partial charge in [-0.1, -0.05) is 11.6 Å². The molecule has 0 heterocycles. The molecule has 0 aliphatic carbocycles. The lowest BCUT2D eigenvalue weighted by Crippen LogP contribution is -2.38. The molecule has 1 aromatic rings. The fourth-order valence-electron chi connectivity index (χ4n) is 1.87. The van der Waals surface area contributed by atoms with Gasteiger partial charge in [0.1, 0.15) is 0 Å². The van der Waals surface area contributed by atoms with E-state index in [1.165, 1.54) is 4.90 Å². The molecule has 0 radical (unpaired) electrons. The molecule has 7 heteroatoms. The highest BCUT2D eigenvalue weighted by Gasteiger charge is 1.98. The van der Waals surface area contributed by atoms with Gasteiger partial charge in [0.25, 0.3) is 0 Å². The molecule has 0 amide bonds. The van der Waals surface area contributed by atoms with Gasteiger partial charge < -0.3 is 20.1 Å². The van der Waals surface area contributed by atoms with Gasteiger partial charge in [-0.15, -0.1) is 11.8 Å². The van der Waals surface area contributed by atoms with Crippen molar-refractivity contribution in [3.8, 4) is 0 Å². The molecule has 136 valence electrons. The second-order valence-corrected chi connectivity index (χ2v) is 6.65. The zero-order valence-corrected chi connectivity index (χ0v) is 16.1. The van der Waals surface area contributed by atoms with Crippen LogP contribution < -0.4 is 10.6 Å². The van der Waals surface area contributed by atoms with Gasteiger partial charge in [0, 0.05) is 49.5 Å². The Morgan fingerprint density at radius 1 is 1.08 bits per heavy atom. The Labute approximate surface area is 154 Å². The maximum atomic E-state index is 5.88. The van der Waals surface area contributed by atoms with Crippen LogP contribution in [0.4, 0.5) is 0 Å². The van der Waals surface area contributed by atoms with Crippen molar-refractivity contribution in [1.82, 2.24) is 10.6 Å². The van der Waals surface area contributed by atoms with Crippen LogP contribution in [0.5, 0.6) is 0 Å². The van der Waals surface area contributed by atoms with Gasteiger partial charge in [-0.2, -0.15) is 0 Å². The number of hydrogen-bond donors (Lipinski definition) is 2. The lowest BCUT2D eigenvalue weighted by molar-refractivity contribution is 0.0689. The van der Waals surface area contributed by atoms with Gasteiger partial charge in [0.2, 0.25) is 0 Å². The van der Waals surface area contributed by atoms with E-state index in [9.17, 15) is 0 Å². The number of thioether (sulfide) groups is 1. The Balaban J connectivity index is 2.01. The summed E-state index contributed by atoms with van der Waals surface area (Å²) < 4.78 is 10.4. The van der Waals surface area contributed by atoms with Gasteiger partial charge in [0.15, 0.2) is 5.96 Å². The number of guanidine groups is 1. The van der Waals surface area contributed by atoms with E-state index in [1.54, 1.807) is 25.9 Å². The molecule has 0 atom stereocenters. The molecular weight excluding hydrogens is 346 g/mol. The minimum Gasteiger partial charge on any atom is -0.382 e. The highest BCUT2D eigenvalue weighted by atomic mass is 35.5. The molecule has 0 saturated heterocycles. The third-order valence-corrected chi connectivity index (χ3v) is 4.41. The lowest BCUT2D eigenvalue weighted by atomic mass is 10.3. The Morgan fingerprint density at radius 3 is 2.54 bits per heavy atom. The molecule has 24 heavy (non-hydrogen) atoms. The lowest BCUT2D eigenvalue weighted by Gasteiger charge is -2.11. The van der Waals surface area contributed by atoms with E-state index in [0.717, 1.165) is 49.3 Å². The Morgan fingerprint density at radius 2 is 1.83 bits per heavy atom. The van der Waals surface area contributed by atoms with Gasteiger partial charge in [-0.25, -0.2) is 0 Å². The van der Waals surface area contributed by atoms with Gasteiger partial charge in [-0.3, -0.25) is 4.99 Å². The van der Waals surface area contributed by atoms with E-state index in [1.807, 2.05) is 24.3 Å². The van der Waals surface area contributed by atoms with Crippen molar-refractivity contribution in [3.63, 3.8) is 0 Å². The smallest absolute Gasteiger partial charge is 0.191 e. The van der Waals surface area contributed by atoms with Crippen LogP contribution in [0, 0.1) is 0 Å². The van der Waals surface area contributed by atoms with Crippen LogP contribution in [0.25, 0.3) is 0 Å². The molecule has 0 aliphatic rings. The number of benzene rings is 1. The topological polar surface area (TPSA) is 54.9 Å². The summed E-state index contributed by atoms with van der Waals surface area (Å²) in [5, 5.41) is 7.39. The SMILES string of the molecule is CN=C(NCCCCOCCOC)NCCSc1ccc(Cl)cc1. The summed E-state index contributed by atoms with van der Waals surface area (Å²) in [5.41, 5.74) is 0. The van der Waals surface area contributed by atoms with Crippen LogP contribution in [0.2, 0.25) is 5.02 Å². The van der Waals surface area contributed by atoms with Crippen molar-refractivity contribution in [2.24, 2.45) is 4.99 Å². The average Bonchev–Trinajstić information content (AvgIpc) is 2.60. The molecule has 5 nitrogen and oxygen atoms in total. The van der Waals surface area contributed by atoms with Gasteiger partial charge in [-0.05, 0) is 37.1 Å². The summed E-state index contributed by atoms with van der Waals surface area (Å²) in [7, 11) is 3.47.